The molecule has 2 aromatic rings. The van der Waals surface area contributed by atoms with Gasteiger partial charge in [-0.3, -0.25) is 0 Å². The zero-order chi connectivity index (χ0) is 17.9. The van der Waals surface area contributed by atoms with Crippen molar-refractivity contribution in [2.75, 3.05) is 13.6 Å². The summed E-state index contributed by atoms with van der Waals surface area (Å²) < 4.78 is 11.5. The molecule has 1 aromatic heterocycles. The molecule has 0 saturated carbocycles. The molecule has 0 amide bonds. The van der Waals surface area contributed by atoms with E-state index in [0.29, 0.717) is 5.92 Å². The minimum atomic E-state index is 0.364. The number of halogens is 1. The molecule has 0 unspecified atom stereocenters. The third-order valence-corrected chi connectivity index (χ3v) is 5.54. The second-order valence-electron chi connectivity index (χ2n) is 6.15. The Morgan fingerprint density at radius 2 is 2.04 bits per heavy atom. The summed E-state index contributed by atoms with van der Waals surface area (Å²) in [5.74, 6) is 1.21. The van der Waals surface area contributed by atoms with E-state index >= 15 is 0 Å². The smallest absolute Gasteiger partial charge is 0.214 e. The Labute approximate surface area is 156 Å². The van der Waals surface area contributed by atoms with Crippen molar-refractivity contribution in [3.05, 3.63) is 33.4 Å². The zero-order valence-electron chi connectivity index (χ0n) is 15.1. The molecule has 0 saturated heterocycles. The standard InChI is InChI=1S/C18H24BrN3OS/c1-7-22(6)10-20-14-8-13(5)15(9-12(14)4)23-18-16(19)17(11(2)3)21-24-18/h8-11H,7H2,1-6H3. The Morgan fingerprint density at radius 3 is 2.62 bits per heavy atom. The average molecular weight is 410 g/mol. The monoisotopic (exact) mass is 409 g/mol. The minimum Gasteiger partial charge on any atom is -0.444 e. The maximum atomic E-state index is 6.10. The molecule has 6 heteroatoms. The number of hydrogen-bond donors (Lipinski definition) is 0. The molecule has 0 atom stereocenters. The van der Waals surface area contributed by atoms with Gasteiger partial charge in [-0.05, 0) is 65.9 Å². The zero-order valence-corrected chi connectivity index (χ0v) is 17.5. The van der Waals surface area contributed by atoms with E-state index in [1.54, 1.807) is 0 Å². The second-order valence-corrected chi connectivity index (χ2v) is 7.68. The van der Waals surface area contributed by atoms with Gasteiger partial charge in [-0.1, -0.05) is 13.8 Å². The second kappa shape index (κ2) is 8.12. The van der Waals surface area contributed by atoms with E-state index in [-0.39, 0.29) is 0 Å². The van der Waals surface area contributed by atoms with Crippen LogP contribution >= 0.6 is 27.5 Å². The molecule has 24 heavy (non-hydrogen) atoms. The van der Waals surface area contributed by atoms with E-state index in [1.165, 1.54) is 11.5 Å². The number of rotatable bonds is 6. The summed E-state index contributed by atoms with van der Waals surface area (Å²) in [6.45, 7) is 11.4. The Bertz CT molecular complexity index is 740. The maximum Gasteiger partial charge on any atom is 0.214 e. The lowest BCUT2D eigenvalue weighted by atomic mass is 10.1. The van der Waals surface area contributed by atoms with Gasteiger partial charge in [0.05, 0.1) is 22.2 Å². The predicted octanol–water partition coefficient (Wildman–Crippen LogP) is 6.05. The minimum absolute atomic E-state index is 0.364. The van der Waals surface area contributed by atoms with Crippen molar-refractivity contribution in [1.82, 2.24) is 9.27 Å². The van der Waals surface area contributed by atoms with E-state index in [1.807, 2.05) is 38.2 Å². The number of aryl methyl sites for hydroxylation is 2. The first-order chi connectivity index (χ1) is 11.3. The van der Waals surface area contributed by atoms with E-state index in [2.05, 4.69) is 52.1 Å². The van der Waals surface area contributed by atoms with Crippen LogP contribution in [-0.2, 0) is 0 Å². The molecular formula is C18H24BrN3OS. The van der Waals surface area contributed by atoms with Gasteiger partial charge in [0.25, 0.3) is 0 Å². The van der Waals surface area contributed by atoms with Crippen molar-refractivity contribution in [2.45, 2.75) is 40.5 Å². The van der Waals surface area contributed by atoms with Crippen molar-refractivity contribution in [3.8, 4) is 10.8 Å². The van der Waals surface area contributed by atoms with E-state index < -0.39 is 0 Å². The largest absolute Gasteiger partial charge is 0.444 e. The molecule has 1 aromatic carbocycles. The van der Waals surface area contributed by atoms with Crippen LogP contribution in [0.3, 0.4) is 0 Å². The predicted molar refractivity (Wildman–Crippen MR) is 106 cm³/mol. The normalized spacial score (nSPS) is 11.5. The first kappa shape index (κ1) is 18.9. The first-order valence-corrected chi connectivity index (χ1v) is 9.58. The van der Waals surface area contributed by atoms with Crippen LogP contribution in [-0.4, -0.2) is 29.2 Å². The molecule has 0 aliphatic carbocycles. The summed E-state index contributed by atoms with van der Waals surface area (Å²) in [5, 5.41) is 0.795. The van der Waals surface area contributed by atoms with Crippen molar-refractivity contribution >= 4 is 39.5 Å². The van der Waals surface area contributed by atoms with Crippen molar-refractivity contribution in [3.63, 3.8) is 0 Å². The summed E-state index contributed by atoms with van der Waals surface area (Å²) in [4.78, 5) is 6.60. The molecule has 0 bridgehead atoms. The summed E-state index contributed by atoms with van der Waals surface area (Å²) in [6.07, 6.45) is 1.86. The molecule has 0 aliphatic rings. The lowest BCUT2D eigenvalue weighted by Gasteiger charge is -2.12. The van der Waals surface area contributed by atoms with Gasteiger partial charge in [-0.25, -0.2) is 4.99 Å². The highest BCUT2D eigenvalue weighted by atomic mass is 79.9. The molecule has 1 heterocycles. The number of aliphatic imine (C=N–C) groups is 1. The molecule has 0 fully saturated rings. The van der Waals surface area contributed by atoms with E-state index in [0.717, 1.165) is 44.3 Å². The number of aromatic nitrogens is 1. The number of benzene rings is 1. The van der Waals surface area contributed by atoms with Crippen molar-refractivity contribution in [1.29, 1.82) is 0 Å². The quantitative estimate of drug-likeness (QED) is 0.430. The average Bonchev–Trinajstić information content (AvgIpc) is 2.90. The fourth-order valence-corrected chi connectivity index (χ4v) is 3.82. The maximum absolute atomic E-state index is 6.10. The number of nitrogens with zero attached hydrogens (tertiary/aromatic N) is 3. The van der Waals surface area contributed by atoms with Crippen LogP contribution in [0.15, 0.2) is 21.6 Å². The molecule has 2 rings (SSSR count). The Kier molecular flexibility index (Phi) is 6.40. The Morgan fingerprint density at radius 1 is 1.33 bits per heavy atom. The third-order valence-electron chi connectivity index (χ3n) is 3.77. The lowest BCUT2D eigenvalue weighted by molar-refractivity contribution is 0.488. The van der Waals surface area contributed by atoms with Crippen molar-refractivity contribution < 1.29 is 4.74 Å². The van der Waals surface area contributed by atoms with Gasteiger partial charge >= 0.3 is 0 Å². The summed E-state index contributed by atoms with van der Waals surface area (Å²) in [6, 6.07) is 4.10. The van der Waals surface area contributed by atoms with E-state index in [9.17, 15) is 0 Å². The Hall–Kier alpha value is -1.40. The number of ether oxygens (including phenoxy) is 1. The number of hydrogen-bond acceptors (Lipinski definition) is 4. The van der Waals surface area contributed by atoms with Crippen LogP contribution in [0.4, 0.5) is 5.69 Å². The molecule has 4 nitrogen and oxygen atoms in total. The van der Waals surface area contributed by atoms with Crippen LogP contribution in [0.5, 0.6) is 10.8 Å². The van der Waals surface area contributed by atoms with E-state index in [4.69, 9.17) is 4.74 Å². The van der Waals surface area contributed by atoms with Gasteiger partial charge in [-0.15, -0.1) is 0 Å². The summed E-state index contributed by atoms with van der Waals surface area (Å²) in [5.41, 5.74) is 4.14. The molecule has 0 N–H and O–H groups in total. The highest BCUT2D eigenvalue weighted by molar-refractivity contribution is 9.10. The van der Waals surface area contributed by atoms with Crippen LogP contribution < -0.4 is 4.74 Å². The van der Waals surface area contributed by atoms with Gasteiger partial charge in [-0.2, -0.15) is 4.37 Å². The van der Waals surface area contributed by atoms with Gasteiger partial charge in [0.1, 0.15) is 5.75 Å². The molecule has 0 spiro atoms. The van der Waals surface area contributed by atoms with Gasteiger partial charge in [0.2, 0.25) is 5.06 Å². The highest BCUT2D eigenvalue weighted by Gasteiger charge is 2.17. The van der Waals surface area contributed by atoms with Gasteiger partial charge in [0.15, 0.2) is 0 Å². The first-order valence-electron chi connectivity index (χ1n) is 8.02. The molecule has 0 aliphatic heterocycles. The van der Waals surface area contributed by atoms with Crippen LogP contribution in [0.1, 0.15) is 43.5 Å². The summed E-state index contributed by atoms with van der Waals surface area (Å²) >= 11 is 4.99. The van der Waals surface area contributed by atoms with Gasteiger partial charge in [0, 0.05) is 25.1 Å². The van der Waals surface area contributed by atoms with Crippen molar-refractivity contribution in [2.24, 2.45) is 4.99 Å². The third kappa shape index (κ3) is 4.36. The van der Waals surface area contributed by atoms with Gasteiger partial charge < -0.3 is 9.64 Å². The SMILES string of the molecule is CCN(C)C=Nc1cc(C)c(Oc2snc(C(C)C)c2Br)cc1C. The lowest BCUT2D eigenvalue weighted by Crippen LogP contribution is -2.14. The topological polar surface area (TPSA) is 37.7 Å². The van der Waals surface area contributed by atoms with Crippen LogP contribution in [0.25, 0.3) is 0 Å². The summed E-state index contributed by atoms with van der Waals surface area (Å²) in [7, 11) is 2.01. The fourth-order valence-electron chi connectivity index (χ4n) is 2.06. The fraction of sp³-hybridized carbons (Fsp3) is 0.444. The Balaban J connectivity index is 2.26. The van der Waals surface area contributed by atoms with Crippen LogP contribution in [0.2, 0.25) is 0 Å². The molecule has 0 radical (unpaired) electrons. The molecule has 130 valence electrons. The highest BCUT2D eigenvalue weighted by Crippen LogP contribution is 2.40. The van der Waals surface area contributed by atoms with Crippen LogP contribution in [0, 0.1) is 13.8 Å². The molecular weight excluding hydrogens is 386 g/mol.